The average Bonchev–Trinajstić information content (AvgIpc) is 3.48. The van der Waals surface area contributed by atoms with E-state index in [1.165, 1.54) is 16.7 Å². The maximum absolute atomic E-state index is 13.8. The first-order valence-corrected chi connectivity index (χ1v) is 15.1. The van der Waals surface area contributed by atoms with E-state index >= 15 is 0 Å². The summed E-state index contributed by atoms with van der Waals surface area (Å²) in [6, 6.07) is 18.4. The fourth-order valence-corrected chi connectivity index (χ4v) is 7.87. The number of nitrogens with zero attached hydrogens (tertiary/aromatic N) is 1. The van der Waals surface area contributed by atoms with Crippen molar-refractivity contribution in [1.29, 1.82) is 0 Å². The molecule has 1 aromatic heterocycles. The summed E-state index contributed by atoms with van der Waals surface area (Å²) in [6.45, 7) is -0.252. The summed E-state index contributed by atoms with van der Waals surface area (Å²) >= 11 is 14.2. The van der Waals surface area contributed by atoms with E-state index in [1.807, 2.05) is 0 Å². The number of nitrogens with one attached hydrogen (secondary N) is 2. The first-order chi connectivity index (χ1) is 20.2. The predicted octanol–water partition coefficient (Wildman–Crippen LogP) is 5.57. The van der Waals surface area contributed by atoms with Gasteiger partial charge in [0.1, 0.15) is 16.7 Å². The number of anilines is 2. The molecule has 2 aliphatic rings. The molecule has 2 aliphatic heterocycles. The highest BCUT2D eigenvalue weighted by atomic mass is 35.5. The molecule has 3 aromatic carbocycles. The number of thioether (sulfide) groups is 1. The van der Waals surface area contributed by atoms with Crippen LogP contribution in [0.5, 0.6) is 11.5 Å². The van der Waals surface area contributed by atoms with Crippen LogP contribution >= 0.6 is 46.3 Å². The molecule has 3 heterocycles. The first kappa shape index (κ1) is 28.4. The molecule has 0 aliphatic carbocycles. The molecule has 3 unspecified atom stereocenters. The highest BCUT2D eigenvalue weighted by Gasteiger charge is 2.56. The van der Waals surface area contributed by atoms with Crippen molar-refractivity contribution in [2.45, 2.75) is 16.2 Å². The van der Waals surface area contributed by atoms with Crippen molar-refractivity contribution in [3.8, 4) is 11.5 Å². The Labute approximate surface area is 257 Å². The average molecular weight is 643 g/mol. The molecule has 0 bridgehead atoms. The van der Waals surface area contributed by atoms with Gasteiger partial charge >= 0.3 is 4.87 Å². The molecular weight excluding hydrogens is 621 g/mol. The minimum Gasteiger partial charge on any atom is -0.497 e. The van der Waals surface area contributed by atoms with Gasteiger partial charge in [-0.15, -0.1) is 0 Å². The number of hydrogen-bond donors (Lipinski definition) is 2. The zero-order chi connectivity index (χ0) is 29.5. The van der Waals surface area contributed by atoms with Crippen molar-refractivity contribution < 1.29 is 23.9 Å². The maximum atomic E-state index is 13.8. The van der Waals surface area contributed by atoms with E-state index in [0.717, 1.165) is 16.9 Å². The number of imide groups is 1. The smallest absolute Gasteiger partial charge is 0.305 e. The Bertz CT molecular complexity index is 1760. The topological polar surface area (TPSA) is 118 Å². The highest BCUT2D eigenvalue weighted by molar-refractivity contribution is 8.00. The van der Waals surface area contributed by atoms with Gasteiger partial charge in [0, 0.05) is 16.5 Å². The van der Waals surface area contributed by atoms with Crippen LogP contribution in [0.1, 0.15) is 16.4 Å². The minimum absolute atomic E-state index is 0.252. The lowest BCUT2D eigenvalue weighted by Gasteiger charge is -2.29. The van der Waals surface area contributed by atoms with Crippen molar-refractivity contribution in [2.75, 3.05) is 23.9 Å². The number of ether oxygens (including phenoxy) is 2. The minimum atomic E-state index is -0.715. The monoisotopic (exact) mass is 641 g/mol. The number of hydrogen-bond acceptors (Lipinski definition) is 8. The number of carbonyl (C=O) groups is 3. The molecule has 0 spiro atoms. The number of rotatable bonds is 7. The van der Waals surface area contributed by atoms with Crippen molar-refractivity contribution in [3.63, 3.8) is 0 Å². The van der Waals surface area contributed by atoms with E-state index in [9.17, 15) is 19.2 Å². The summed E-state index contributed by atoms with van der Waals surface area (Å²) in [5, 5.41) is 3.28. The molecule has 0 saturated carbocycles. The summed E-state index contributed by atoms with van der Waals surface area (Å²) in [5.74, 6) is -1.26. The van der Waals surface area contributed by atoms with Gasteiger partial charge in [-0.1, -0.05) is 58.4 Å². The van der Waals surface area contributed by atoms with Crippen LogP contribution in [0.3, 0.4) is 0 Å². The molecule has 1 fully saturated rings. The molecule has 42 heavy (non-hydrogen) atoms. The van der Waals surface area contributed by atoms with E-state index in [1.54, 1.807) is 73.8 Å². The maximum Gasteiger partial charge on any atom is 0.305 e. The second-order valence-electron chi connectivity index (χ2n) is 9.49. The fourth-order valence-electron chi connectivity index (χ4n) is 5.05. The van der Waals surface area contributed by atoms with E-state index in [0.29, 0.717) is 42.8 Å². The zero-order valence-corrected chi connectivity index (χ0v) is 24.9. The van der Waals surface area contributed by atoms with Gasteiger partial charge in [0.2, 0.25) is 11.8 Å². The molecule has 13 heteroatoms. The van der Waals surface area contributed by atoms with Gasteiger partial charge in [0.25, 0.3) is 5.91 Å². The van der Waals surface area contributed by atoms with E-state index in [-0.39, 0.29) is 29.2 Å². The number of aromatic amines is 1. The van der Waals surface area contributed by atoms with Gasteiger partial charge in [0.05, 0.1) is 33.8 Å². The van der Waals surface area contributed by atoms with Crippen LogP contribution in [-0.2, 0) is 14.4 Å². The molecular formula is C29H21Cl2N3O6S2. The Kier molecular flexibility index (Phi) is 7.75. The summed E-state index contributed by atoms with van der Waals surface area (Å²) in [5.41, 5.74) is 1.69. The Morgan fingerprint density at radius 3 is 2.36 bits per heavy atom. The molecule has 1 saturated heterocycles. The molecule has 214 valence electrons. The number of thiazole rings is 1. The van der Waals surface area contributed by atoms with Crippen LogP contribution in [0.4, 0.5) is 11.4 Å². The molecule has 0 radical (unpaired) electrons. The Balaban J connectivity index is 1.23. The van der Waals surface area contributed by atoms with Crippen LogP contribution in [0.25, 0.3) is 0 Å². The fraction of sp³-hybridized carbons (Fsp3) is 0.172. The van der Waals surface area contributed by atoms with Gasteiger partial charge in [-0.25, -0.2) is 4.90 Å². The normalized spacial score (nSPS) is 19.3. The number of fused-ring (bicyclic) bond motifs is 2. The van der Waals surface area contributed by atoms with Gasteiger partial charge in [-0.05, 0) is 60.2 Å². The van der Waals surface area contributed by atoms with Crippen LogP contribution in [-0.4, -0.2) is 41.7 Å². The third-order valence-corrected chi connectivity index (χ3v) is 10.1. The van der Waals surface area contributed by atoms with Crippen molar-refractivity contribution in [3.05, 3.63) is 96.9 Å². The van der Waals surface area contributed by atoms with Crippen LogP contribution in [0.15, 0.2) is 76.6 Å². The number of methoxy groups -OCH3 is 1. The molecule has 4 aromatic rings. The number of benzene rings is 3. The van der Waals surface area contributed by atoms with Crippen molar-refractivity contribution in [1.82, 2.24) is 4.98 Å². The van der Waals surface area contributed by atoms with E-state index < -0.39 is 17.1 Å². The van der Waals surface area contributed by atoms with Gasteiger partial charge in [-0.3, -0.25) is 19.2 Å². The number of carbonyl (C=O) groups excluding carboxylic acids is 3. The first-order valence-electron chi connectivity index (χ1n) is 12.6. The molecule has 3 amide bonds. The molecule has 2 N–H and O–H groups in total. The van der Waals surface area contributed by atoms with Crippen molar-refractivity contribution >= 4 is 75.4 Å². The molecule has 3 atom stereocenters. The second-order valence-corrected chi connectivity index (χ2v) is 12.5. The Morgan fingerprint density at radius 2 is 1.67 bits per heavy atom. The summed E-state index contributed by atoms with van der Waals surface area (Å²) in [6.07, 6.45) is 0. The third kappa shape index (κ3) is 5.29. The number of amides is 3. The van der Waals surface area contributed by atoms with Crippen molar-refractivity contribution in [2.24, 2.45) is 5.92 Å². The van der Waals surface area contributed by atoms with Crippen LogP contribution in [0, 0.1) is 5.92 Å². The Morgan fingerprint density at radius 1 is 0.952 bits per heavy atom. The largest absolute Gasteiger partial charge is 0.497 e. The summed E-state index contributed by atoms with van der Waals surface area (Å²) in [7, 11) is 1.54. The number of aromatic nitrogens is 1. The number of H-pyrrole nitrogens is 1. The van der Waals surface area contributed by atoms with E-state index in [2.05, 4.69) is 10.3 Å². The standard InChI is InChI=1S/C29H21Cl2N3O6S2/c1-39-17-9-5-16(6-10-17)34-27(36)23-22(24-26(33-29(38)42-24)41-25(23)28(34)37)14-2-7-18(8-3-14)40-13-21(35)32-15-4-11-19(30)20(31)12-15/h2-12,22-23,25H,13H2,1H3,(H,32,35)(H,33,38). The predicted molar refractivity (Wildman–Crippen MR) is 162 cm³/mol. The second kappa shape index (κ2) is 11.5. The molecule has 6 rings (SSSR count). The summed E-state index contributed by atoms with van der Waals surface area (Å²) in [4.78, 5) is 56.6. The summed E-state index contributed by atoms with van der Waals surface area (Å²) < 4.78 is 10.9. The lowest BCUT2D eigenvalue weighted by atomic mass is 9.83. The lowest BCUT2D eigenvalue weighted by molar-refractivity contribution is -0.122. The van der Waals surface area contributed by atoms with Gasteiger partial charge in [-0.2, -0.15) is 0 Å². The van der Waals surface area contributed by atoms with Crippen LogP contribution < -0.4 is 24.6 Å². The number of halogens is 2. The SMILES string of the molecule is COc1ccc(N2C(=O)C3Sc4[nH]c(=O)sc4C(c4ccc(OCC(=O)Nc5ccc(Cl)c(Cl)c5)cc4)C3C2=O)cc1. The quantitative estimate of drug-likeness (QED) is 0.254. The lowest BCUT2D eigenvalue weighted by Crippen LogP contribution is -2.32. The molecule has 9 nitrogen and oxygen atoms in total. The third-order valence-electron chi connectivity index (χ3n) is 6.97. The Hall–Kier alpha value is -3.77. The zero-order valence-electron chi connectivity index (χ0n) is 21.8. The van der Waals surface area contributed by atoms with Gasteiger partial charge < -0.3 is 19.8 Å². The highest BCUT2D eigenvalue weighted by Crippen LogP contribution is 2.53. The van der Waals surface area contributed by atoms with Crippen LogP contribution in [0.2, 0.25) is 10.0 Å². The van der Waals surface area contributed by atoms with Gasteiger partial charge in [0.15, 0.2) is 6.61 Å². The van der Waals surface area contributed by atoms with E-state index in [4.69, 9.17) is 32.7 Å².